The summed E-state index contributed by atoms with van der Waals surface area (Å²) in [7, 11) is 0. The summed E-state index contributed by atoms with van der Waals surface area (Å²) in [6.45, 7) is 4.37. The first-order chi connectivity index (χ1) is 11.9. The lowest BCUT2D eigenvalue weighted by atomic mass is 10.0. The molecule has 5 rings (SSSR count). The van der Waals surface area contributed by atoms with Crippen LogP contribution in [0.3, 0.4) is 0 Å². The first-order valence-electron chi connectivity index (χ1n) is 8.66. The van der Waals surface area contributed by atoms with E-state index in [1.54, 1.807) is 0 Å². The van der Waals surface area contributed by atoms with Crippen LogP contribution in [0.15, 0.2) is 54.6 Å². The number of nitrogens with zero attached hydrogens (tertiary/aromatic N) is 3. The van der Waals surface area contributed by atoms with Crippen LogP contribution < -0.4 is 10.2 Å². The second-order valence-corrected chi connectivity index (χ2v) is 6.84. The first kappa shape index (κ1) is 13.9. The Kier molecular flexibility index (Phi) is 3.23. The van der Waals surface area contributed by atoms with Crippen LogP contribution in [0.1, 0.15) is 0 Å². The van der Waals surface area contributed by atoms with Crippen molar-refractivity contribution in [3.05, 3.63) is 54.6 Å². The Morgan fingerprint density at radius 2 is 1.54 bits per heavy atom. The number of hydrogen-bond acceptors (Lipinski definition) is 4. The highest BCUT2D eigenvalue weighted by molar-refractivity contribution is 5.93. The van der Waals surface area contributed by atoms with E-state index >= 15 is 0 Å². The maximum atomic E-state index is 4.97. The normalized spacial score (nSPS) is 22.9. The van der Waals surface area contributed by atoms with Gasteiger partial charge in [0.1, 0.15) is 0 Å². The molecule has 0 bridgehead atoms. The highest BCUT2D eigenvalue weighted by atomic mass is 15.3. The summed E-state index contributed by atoms with van der Waals surface area (Å²) in [5, 5.41) is 4.61. The van der Waals surface area contributed by atoms with Crippen molar-refractivity contribution in [3.8, 4) is 11.3 Å². The molecule has 0 radical (unpaired) electrons. The number of para-hydroxylation sites is 1. The van der Waals surface area contributed by atoms with Gasteiger partial charge in [0, 0.05) is 37.1 Å². The molecule has 0 saturated carbocycles. The van der Waals surface area contributed by atoms with Gasteiger partial charge in [0.15, 0.2) is 0 Å². The van der Waals surface area contributed by atoms with E-state index in [4.69, 9.17) is 9.97 Å². The fourth-order valence-electron chi connectivity index (χ4n) is 4.04. The van der Waals surface area contributed by atoms with Crippen LogP contribution in [-0.4, -0.2) is 36.1 Å². The van der Waals surface area contributed by atoms with Gasteiger partial charge in [-0.2, -0.15) is 0 Å². The Labute approximate surface area is 141 Å². The van der Waals surface area contributed by atoms with Gasteiger partial charge in [-0.3, -0.25) is 0 Å². The van der Waals surface area contributed by atoms with E-state index < -0.39 is 0 Å². The topological polar surface area (TPSA) is 41.1 Å². The average Bonchev–Trinajstić information content (AvgIpc) is 3.23. The summed E-state index contributed by atoms with van der Waals surface area (Å²) in [6.07, 6.45) is 0. The Hall–Kier alpha value is -2.46. The molecule has 0 spiro atoms. The maximum absolute atomic E-state index is 4.97. The lowest BCUT2D eigenvalue weighted by molar-refractivity contribution is 0.533. The van der Waals surface area contributed by atoms with Crippen LogP contribution >= 0.6 is 0 Å². The minimum absolute atomic E-state index is 0.736. The molecule has 2 aromatic carbocycles. The smallest absolute Gasteiger partial charge is 0.226 e. The van der Waals surface area contributed by atoms with Crippen LogP contribution in [0.2, 0.25) is 0 Å². The van der Waals surface area contributed by atoms with E-state index in [0.29, 0.717) is 0 Å². The van der Waals surface area contributed by atoms with E-state index in [1.165, 1.54) is 0 Å². The van der Waals surface area contributed by atoms with Gasteiger partial charge in [-0.25, -0.2) is 9.97 Å². The molecule has 1 aromatic heterocycles. The molecule has 120 valence electrons. The quantitative estimate of drug-likeness (QED) is 0.789. The molecule has 2 aliphatic heterocycles. The highest BCUT2D eigenvalue weighted by Crippen LogP contribution is 2.32. The Balaban J connectivity index is 1.63. The third kappa shape index (κ3) is 2.26. The van der Waals surface area contributed by atoms with Crippen LogP contribution in [-0.2, 0) is 0 Å². The summed E-state index contributed by atoms with van der Waals surface area (Å²) in [4.78, 5) is 12.2. The monoisotopic (exact) mass is 316 g/mol. The predicted octanol–water partition coefficient (Wildman–Crippen LogP) is 2.95. The number of rotatable bonds is 2. The van der Waals surface area contributed by atoms with E-state index in [0.717, 1.165) is 66.1 Å². The van der Waals surface area contributed by atoms with Crippen molar-refractivity contribution in [3.63, 3.8) is 0 Å². The second-order valence-electron chi connectivity index (χ2n) is 6.84. The molecule has 4 nitrogen and oxygen atoms in total. The summed E-state index contributed by atoms with van der Waals surface area (Å²) in [6, 6.07) is 18.7. The molecule has 2 unspecified atom stereocenters. The SMILES string of the molecule is c1ccc(-c2nc(N3CC4CNCC4C3)nc3ccccc23)cc1. The van der Waals surface area contributed by atoms with E-state index in [9.17, 15) is 0 Å². The van der Waals surface area contributed by atoms with Gasteiger partial charge in [0.05, 0.1) is 11.2 Å². The molecule has 24 heavy (non-hydrogen) atoms. The molecule has 3 aromatic rings. The van der Waals surface area contributed by atoms with Crippen molar-refractivity contribution in [2.75, 3.05) is 31.1 Å². The predicted molar refractivity (Wildman–Crippen MR) is 97.0 cm³/mol. The van der Waals surface area contributed by atoms with E-state index in [1.807, 2.05) is 6.07 Å². The van der Waals surface area contributed by atoms with Crippen molar-refractivity contribution in [2.24, 2.45) is 11.8 Å². The zero-order chi connectivity index (χ0) is 15.9. The zero-order valence-electron chi connectivity index (χ0n) is 13.5. The van der Waals surface area contributed by atoms with Gasteiger partial charge in [0.25, 0.3) is 0 Å². The molecule has 3 heterocycles. The summed E-state index contributed by atoms with van der Waals surface area (Å²) < 4.78 is 0. The minimum atomic E-state index is 0.736. The molecule has 2 aliphatic rings. The standard InChI is InChI=1S/C20H20N4/c1-2-6-14(7-3-1)19-17-8-4-5-9-18(17)22-20(23-19)24-12-15-10-21-11-16(15)13-24/h1-9,15-16,21H,10-13H2. The molecule has 0 amide bonds. The fraction of sp³-hybridized carbons (Fsp3) is 0.300. The van der Waals surface area contributed by atoms with Crippen molar-refractivity contribution < 1.29 is 0 Å². The molecule has 4 heteroatoms. The number of aromatic nitrogens is 2. The number of benzene rings is 2. The Morgan fingerprint density at radius 1 is 0.833 bits per heavy atom. The van der Waals surface area contributed by atoms with Gasteiger partial charge >= 0.3 is 0 Å². The number of anilines is 1. The summed E-state index contributed by atoms with van der Waals surface area (Å²) in [5.41, 5.74) is 3.21. The largest absolute Gasteiger partial charge is 0.340 e. The second kappa shape index (κ2) is 5.56. The van der Waals surface area contributed by atoms with Crippen molar-refractivity contribution in [1.82, 2.24) is 15.3 Å². The third-order valence-electron chi connectivity index (χ3n) is 5.31. The lowest BCUT2D eigenvalue weighted by Crippen LogP contribution is -2.27. The van der Waals surface area contributed by atoms with Gasteiger partial charge < -0.3 is 10.2 Å². The molecular weight excluding hydrogens is 296 g/mol. The third-order valence-corrected chi connectivity index (χ3v) is 5.31. The number of hydrogen-bond donors (Lipinski definition) is 1. The molecule has 2 saturated heterocycles. The zero-order valence-corrected chi connectivity index (χ0v) is 13.5. The fourth-order valence-corrected chi connectivity index (χ4v) is 4.04. The average molecular weight is 316 g/mol. The summed E-state index contributed by atoms with van der Waals surface area (Å²) in [5.74, 6) is 2.35. The van der Waals surface area contributed by atoms with Crippen LogP contribution in [0.4, 0.5) is 5.95 Å². The number of nitrogens with one attached hydrogen (secondary N) is 1. The van der Waals surface area contributed by atoms with Crippen LogP contribution in [0.25, 0.3) is 22.2 Å². The molecular formula is C20H20N4. The van der Waals surface area contributed by atoms with Gasteiger partial charge in [-0.1, -0.05) is 48.5 Å². The van der Waals surface area contributed by atoms with E-state index in [2.05, 4.69) is 58.7 Å². The lowest BCUT2D eigenvalue weighted by Gasteiger charge is -2.19. The Morgan fingerprint density at radius 3 is 2.33 bits per heavy atom. The molecule has 0 aliphatic carbocycles. The van der Waals surface area contributed by atoms with E-state index in [-0.39, 0.29) is 0 Å². The minimum Gasteiger partial charge on any atom is -0.340 e. The Bertz CT molecular complexity index is 865. The van der Waals surface area contributed by atoms with Gasteiger partial charge in [-0.15, -0.1) is 0 Å². The molecule has 1 N–H and O–H groups in total. The van der Waals surface area contributed by atoms with Crippen molar-refractivity contribution in [2.45, 2.75) is 0 Å². The number of fused-ring (bicyclic) bond motifs is 2. The van der Waals surface area contributed by atoms with Gasteiger partial charge in [-0.05, 0) is 17.9 Å². The van der Waals surface area contributed by atoms with Gasteiger partial charge in [0.2, 0.25) is 5.95 Å². The molecule has 2 fully saturated rings. The van der Waals surface area contributed by atoms with Crippen molar-refractivity contribution >= 4 is 16.9 Å². The van der Waals surface area contributed by atoms with Crippen molar-refractivity contribution in [1.29, 1.82) is 0 Å². The van der Waals surface area contributed by atoms with Crippen LogP contribution in [0.5, 0.6) is 0 Å². The molecule has 2 atom stereocenters. The maximum Gasteiger partial charge on any atom is 0.226 e. The highest BCUT2D eigenvalue weighted by Gasteiger charge is 2.37. The van der Waals surface area contributed by atoms with Crippen LogP contribution in [0, 0.1) is 11.8 Å². The summed E-state index contributed by atoms with van der Waals surface area (Å²) >= 11 is 0. The first-order valence-corrected chi connectivity index (χ1v) is 8.66.